The predicted octanol–water partition coefficient (Wildman–Crippen LogP) is 3.34. The van der Waals surface area contributed by atoms with Crippen LogP contribution in [0.3, 0.4) is 0 Å². The third kappa shape index (κ3) is 2.89. The van der Waals surface area contributed by atoms with Gasteiger partial charge in [-0.15, -0.1) is 0 Å². The van der Waals surface area contributed by atoms with Crippen LogP contribution in [0.5, 0.6) is 0 Å². The molecule has 17 heavy (non-hydrogen) atoms. The molecule has 1 aromatic heterocycles. The van der Waals surface area contributed by atoms with Gasteiger partial charge in [0.25, 0.3) is 0 Å². The van der Waals surface area contributed by atoms with Crippen LogP contribution < -0.4 is 5.32 Å². The fourth-order valence-electron chi connectivity index (χ4n) is 2.29. The van der Waals surface area contributed by atoms with Gasteiger partial charge in [0.15, 0.2) is 0 Å². The fraction of sp³-hybridized carbons (Fsp3) is 0.467. The number of hydrogen-bond donors (Lipinski definition) is 1. The van der Waals surface area contributed by atoms with Gasteiger partial charge in [0.2, 0.25) is 0 Å². The normalized spacial score (nSPS) is 11.2. The Bertz CT molecular complexity index is 471. The van der Waals surface area contributed by atoms with E-state index in [0.717, 1.165) is 19.6 Å². The van der Waals surface area contributed by atoms with Crippen molar-refractivity contribution in [3.05, 3.63) is 36.0 Å². The highest BCUT2D eigenvalue weighted by Gasteiger charge is 2.03. The van der Waals surface area contributed by atoms with Gasteiger partial charge in [-0.2, -0.15) is 0 Å². The van der Waals surface area contributed by atoms with E-state index in [2.05, 4.69) is 54.2 Å². The number of aryl methyl sites for hydroxylation is 2. The summed E-state index contributed by atoms with van der Waals surface area (Å²) >= 11 is 0. The number of benzene rings is 1. The van der Waals surface area contributed by atoms with E-state index in [4.69, 9.17) is 0 Å². The molecule has 0 radical (unpaired) electrons. The molecule has 0 amide bonds. The Labute approximate surface area is 104 Å². The average molecular weight is 230 g/mol. The van der Waals surface area contributed by atoms with Crippen molar-refractivity contribution in [1.29, 1.82) is 0 Å². The first kappa shape index (κ1) is 12.2. The highest BCUT2D eigenvalue weighted by Crippen LogP contribution is 2.20. The lowest BCUT2D eigenvalue weighted by atomic mass is 10.2. The van der Waals surface area contributed by atoms with E-state index in [1.54, 1.807) is 0 Å². The molecule has 2 aromatic rings. The molecule has 2 heteroatoms. The van der Waals surface area contributed by atoms with Crippen LogP contribution in [-0.4, -0.2) is 17.7 Å². The van der Waals surface area contributed by atoms with Crippen molar-refractivity contribution >= 4 is 10.9 Å². The molecule has 0 saturated carbocycles. The third-order valence-electron chi connectivity index (χ3n) is 3.17. The monoisotopic (exact) mass is 230 g/mol. The zero-order chi connectivity index (χ0) is 12.1. The summed E-state index contributed by atoms with van der Waals surface area (Å²) in [5.74, 6) is 0. The minimum Gasteiger partial charge on any atom is -0.347 e. The summed E-state index contributed by atoms with van der Waals surface area (Å²) in [6.07, 6.45) is 4.67. The van der Waals surface area contributed by atoms with Gasteiger partial charge in [0.05, 0.1) is 0 Å². The van der Waals surface area contributed by atoms with Crippen LogP contribution in [0, 0.1) is 6.92 Å². The molecule has 2 rings (SSSR count). The summed E-state index contributed by atoms with van der Waals surface area (Å²) in [5.41, 5.74) is 2.74. The summed E-state index contributed by atoms with van der Waals surface area (Å²) < 4.78 is 2.37. The van der Waals surface area contributed by atoms with Crippen LogP contribution in [0.2, 0.25) is 0 Å². The maximum absolute atomic E-state index is 3.45. The lowest BCUT2D eigenvalue weighted by Gasteiger charge is -2.06. The quantitative estimate of drug-likeness (QED) is 0.753. The molecule has 0 atom stereocenters. The molecule has 0 aliphatic carbocycles. The maximum atomic E-state index is 3.45. The third-order valence-corrected chi connectivity index (χ3v) is 3.17. The molecule has 0 bridgehead atoms. The van der Waals surface area contributed by atoms with Crippen molar-refractivity contribution in [3.8, 4) is 0 Å². The van der Waals surface area contributed by atoms with Gasteiger partial charge >= 0.3 is 0 Å². The second-order valence-corrected chi connectivity index (χ2v) is 4.63. The molecular weight excluding hydrogens is 208 g/mol. The molecule has 1 aromatic carbocycles. The van der Waals surface area contributed by atoms with Gasteiger partial charge < -0.3 is 9.88 Å². The Morgan fingerprint density at radius 2 is 2.00 bits per heavy atom. The fourth-order valence-corrected chi connectivity index (χ4v) is 2.29. The number of para-hydroxylation sites is 1. The van der Waals surface area contributed by atoms with E-state index in [0.29, 0.717) is 0 Å². The SMILES string of the molecule is CCCNCCCn1cc(C)c2ccccc21. The van der Waals surface area contributed by atoms with Crippen molar-refractivity contribution in [1.82, 2.24) is 9.88 Å². The molecule has 0 aliphatic rings. The largest absolute Gasteiger partial charge is 0.347 e. The van der Waals surface area contributed by atoms with Crippen LogP contribution >= 0.6 is 0 Å². The Kier molecular flexibility index (Phi) is 4.21. The molecule has 0 unspecified atom stereocenters. The second kappa shape index (κ2) is 5.87. The molecule has 92 valence electrons. The predicted molar refractivity (Wildman–Crippen MR) is 74.5 cm³/mol. The highest BCUT2D eigenvalue weighted by molar-refractivity contribution is 5.83. The molecule has 0 saturated heterocycles. The summed E-state index contributed by atoms with van der Waals surface area (Å²) in [6, 6.07) is 8.65. The molecule has 1 N–H and O–H groups in total. The molecule has 0 fully saturated rings. The summed E-state index contributed by atoms with van der Waals surface area (Å²) in [6.45, 7) is 7.74. The average Bonchev–Trinajstić information content (AvgIpc) is 2.67. The number of aromatic nitrogens is 1. The highest BCUT2D eigenvalue weighted by atomic mass is 15.0. The molecule has 0 spiro atoms. The molecule has 1 heterocycles. The van der Waals surface area contributed by atoms with Crippen LogP contribution in [-0.2, 0) is 6.54 Å². The lowest BCUT2D eigenvalue weighted by molar-refractivity contribution is 0.587. The lowest BCUT2D eigenvalue weighted by Crippen LogP contribution is -2.17. The summed E-state index contributed by atoms with van der Waals surface area (Å²) in [5, 5.41) is 4.83. The minimum absolute atomic E-state index is 1.10. The van der Waals surface area contributed by atoms with Crippen molar-refractivity contribution < 1.29 is 0 Å². The molecular formula is C15H22N2. The smallest absolute Gasteiger partial charge is 0.0483 e. The Morgan fingerprint density at radius 3 is 2.82 bits per heavy atom. The number of nitrogens with one attached hydrogen (secondary N) is 1. The maximum Gasteiger partial charge on any atom is 0.0483 e. The Balaban J connectivity index is 1.99. The van der Waals surface area contributed by atoms with E-state index in [1.165, 1.54) is 29.3 Å². The first-order valence-corrected chi connectivity index (χ1v) is 6.58. The van der Waals surface area contributed by atoms with Crippen molar-refractivity contribution in [2.75, 3.05) is 13.1 Å². The second-order valence-electron chi connectivity index (χ2n) is 4.63. The Hall–Kier alpha value is -1.28. The van der Waals surface area contributed by atoms with Gasteiger partial charge in [-0.3, -0.25) is 0 Å². The standard InChI is InChI=1S/C15H22N2/c1-3-9-16-10-6-11-17-12-13(2)14-7-4-5-8-15(14)17/h4-5,7-8,12,16H,3,6,9-11H2,1-2H3. The van der Waals surface area contributed by atoms with Crippen molar-refractivity contribution in [2.24, 2.45) is 0 Å². The van der Waals surface area contributed by atoms with Crippen molar-refractivity contribution in [2.45, 2.75) is 33.2 Å². The first-order valence-electron chi connectivity index (χ1n) is 6.58. The summed E-state index contributed by atoms with van der Waals surface area (Å²) in [7, 11) is 0. The van der Waals surface area contributed by atoms with Crippen LogP contribution in [0.1, 0.15) is 25.3 Å². The number of fused-ring (bicyclic) bond motifs is 1. The van der Waals surface area contributed by atoms with Crippen LogP contribution in [0.25, 0.3) is 10.9 Å². The van der Waals surface area contributed by atoms with E-state index < -0.39 is 0 Å². The zero-order valence-corrected chi connectivity index (χ0v) is 10.9. The number of rotatable bonds is 6. The topological polar surface area (TPSA) is 17.0 Å². The van der Waals surface area contributed by atoms with Gasteiger partial charge in [0.1, 0.15) is 0 Å². The van der Waals surface area contributed by atoms with Crippen molar-refractivity contribution in [3.63, 3.8) is 0 Å². The summed E-state index contributed by atoms with van der Waals surface area (Å²) in [4.78, 5) is 0. The van der Waals surface area contributed by atoms with Gasteiger partial charge in [-0.05, 0) is 44.5 Å². The Morgan fingerprint density at radius 1 is 1.18 bits per heavy atom. The van der Waals surface area contributed by atoms with E-state index >= 15 is 0 Å². The number of nitrogens with zero attached hydrogens (tertiary/aromatic N) is 1. The zero-order valence-electron chi connectivity index (χ0n) is 10.9. The van der Waals surface area contributed by atoms with Crippen LogP contribution in [0.15, 0.2) is 30.5 Å². The van der Waals surface area contributed by atoms with Gasteiger partial charge in [0, 0.05) is 23.6 Å². The number of hydrogen-bond acceptors (Lipinski definition) is 1. The first-order chi connectivity index (χ1) is 8.33. The van der Waals surface area contributed by atoms with Gasteiger partial charge in [-0.1, -0.05) is 25.1 Å². The van der Waals surface area contributed by atoms with E-state index in [9.17, 15) is 0 Å². The minimum atomic E-state index is 1.10. The molecule has 2 nitrogen and oxygen atoms in total. The van der Waals surface area contributed by atoms with E-state index in [-0.39, 0.29) is 0 Å². The molecule has 0 aliphatic heterocycles. The van der Waals surface area contributed by atoms with Gasteiger partial charge in [-0.25, -0.2) is 0 Å². The van der Waals surface area contributed by atoms with E-state index in [1.807, 2.05) is 0 Å². The van der Waals surface area contributed by atoms with Crippen LogP contribution in [0.4, 0.5) is 0 Å².